The van der Waals surface area contributed by atoms with Crippen molar-refractivity contribution in [3.63, 3.8) is 0 Å². The third-order valence-corrected chi connectivity index (χ3v) is 2.75. The van der Waals surface area contributed by atoms with Crippen LogP contribution in [0.25, 0.3) is 17.0 Å². The number of nitrogen functional groups attached to an aromatic ring is 1. The van der Waals surface area contributed by atoms with Crippen LogP contribution in [0.4, 0.5) is 5.82 Å². The number of pyridine rings is 1. The van der Waals surface area contributed by atoms with E-state index >= 15 is 0 Å². The standard InChI is InChI=1S/C9H7BrN6/c10-5-1-2-7-13-15-9(16(7)4-5)6-3-12-14-8(6)11/h1-4H,(H3,11,12,14). The summed E-state index contributed by atoms with van der Waals surface area (Å²) in [7, 11) is 0. The topological polar surface area (TPSA) is 84.9 Å². The van der Waals surface area contributed by atoms with Crippen LogP contribution in [0.2, 0.25) is 0 Å². The zero-order valence-electron chi connectivity index (χ0n) is 8.05. The first kappa shape index (κ1) is 9.34. The normalized spacial score (nSPS) is 11.1. The Balaban J connectivity index is 2.32. The number of nitrogens with one attached hydrogen (secondary N) is 1. The van der Waals surface area contributed by atoms with Gasteiger partial charge < -0.3 is 5.73 Å². The van der Waals surface area contributed by atoms with E-state index in [1.165, 1.54) is 0 Å². The summed E-state index contributed by atoms with van der Waals surface area (Å²) in [5.74, 6) is 1.15. The largest absolute Gasteiger partial charge is 0.383 e. The fraction of sp³-hybridized carbons (Fsp3) is 0. The van der Waals surface area contributed by atoms with Crippen molar-refractivity contribution in [1.29, 1.82) is 0 Å². The van der Waals surface area contributed by atoms with Crippen molar-refractivity contribution in [2.24, 2.45) is 0 Å². The number of hydrogen-bond donors (Lipinski definition) is 2. The van der Waals surface area contributed by atoms with Gasteiger partial charge in [-0.2, -0.15) is 5.10 Å². The molecule has 3 heterocycles. The van der Waals surface area contributed by atoms with E-state index in [0.717, 1.165) is 15.7 Å². The Labute approximate surface area is 98.6 Å². The fourth-order valence-electron chi connectivity index (χ4n) is 1.52. The molecular weight excluding hydrogens is 272 g/mol. The number of aromatic nitrogens is 5. The van der Waals surface area contributed by atoms with E-state index in [9.17, 15) is 0 Å². The molecule has 3 aromatic rings. The molecule has 0 unspecified atom stereocenters. The number of hydrogen-bond acceptors (Lipinski definition) is 4. The van der Waals surface area contributed by atoms with Gasteiger partial charge in [0.25, 0.3) is 0 Å². The van der Waals surface area contributed by atoms with Crippen LogP contribution < -0.4 is 5.73 Å². The Morgan fingerprint density at radius 2 is 2.19 bits per heavy atom. The molecule has 0 spiro atoms. The van der Waals surface area contributed by atoms with Gasteiger partial charge >= 0.3 is 0 Å². The highest BCUT2D eigenvalue weighted by atomic mass is 79.9. The summed E-state index contributed by atoms with van der Waals surface area (Å²) in [4.78, 5) is 0. The molecule has 0 aliphatic carbocycles. The average molecular weight is 279 g/mol. The van der Waals surface area contributed by atoms with Gasteiger partial charge in [-0.05, 0) is 28.1 Å². The molecule has 0 aliphatic heterocycles. The van der Waals surface area contributed by atoms with E-state index in [1.807, 2.05) is 22.7 Å². The summed E-state index contributed by atoms with van der Waals surface area (Å²) < 4.78 is 2.80. The second kappa shape index (κ2) is 3.31. The summed E-state index contributed by atoms with van der Waals surface area (Å²) in [6.45, 7) is 0. The molecule has 16 heavy (non-hydrogen) atoms. The van der Waals surface area contributed by atoms with Crippen molar-refractivity contribution in [2.75, 3.05) is 5.73 Å². The number of nitrogens with zero attached hydrogens (tertiary/aromatic N) is 4. The van der Waals surface area contributed by atoms with Crippen LogP contribution in [-0.4, -0.2) is 24.8 Å². The lowest BCUT2D eigenvalue weighted by atomic mass is 10.3. The number of halogens is 1. The first-order valence-electron chi connectivity index (χ1n) is 4.55. The molecule has 0 bridgehead atoms. The Bertz CT molecular complexity index is 655. The summed E-state index contributed by atoms with van der Waals surface area (Å²) in [6.07, 6.45) is 3.52. The second-order valence-electron chi connectivity index (χ2n) is 3.30. The highest BCUT2D eigenvalue weighted by Gasteiger charge is 2.12. The Hall–Kier alpha value is -1.89. The van der Waals surface area contributed by atoms with E-state index in [2.05, 4.69) is 36.3 Å². The van der Waals surface area contributed by atoms with E-state index in [0.29, 0.717) is 11.6 Å². The lowest BCUT2D eigenvalue weighted by molar-refractivity contribution is 1.10. The molecule has 0 amide bonds. The third-order valence-electron chi connectivity index (χ3n) is 2.28. The van der Waals surface area contributed by atoms with Crippen LogP contribution in [0.5, 0.6) is 0 Å². The summed E-state index contributed by atoms with van der Waals surface area (Å²) >= 11 is 3.40. The summed E-state index contributed by atoms with van der Waals surface area (Å²) in [5, 5.41) is 14.7. The van der Waals surface area contributed by atoms with Gasteiger partial charge in [0.2, 0.25) is 0 Å². The molecule has 0 saturated carbocycles. The SMILES string of the molecule is Nc1[nH]ncc1-c1nnc2ccc(Br)cn12. The van der Waals surface area contributed by atoms with Crippen LogP contribution in [-0.2, 0) is 0 Å². The lowest BCUT2D eigenvalue weighted by Gasteiger charge is -1.98. The molecule has 3 N–H and O–H groups in total. The van der Waals surface area contributed by atoms with E-state index < -0.39 is 0 Å². The van der Waals surface area contributed by atoms with Gasteiger partial charge in [-0.1, -0.05) is 0 Å². The van der Waals surface area contributed by atoms with Crippen LogP contribution in [0, 0.1) is 0 Å². The molecule has 0 atom stereocenters. The molecule has 3 aromatic heterocycles. The smallest absolute Gasteiger partial charge is 0.173 e. The fourth-order valence-corrected chi connectivity index (χ4v) is 1.86. The van der Waals surface area contributed by atoms with E-state index in [1.54, 1.807) is 6.20 Å². The number of aromatic amines is 1. The third kappa shape index (κ3) is 1.28. The van der Waals surface area contributed by atoms with Gasteiger partial charge in [-0.3, -0.25) is 9.50 Å². The number of rotatable bonds is 1. The zero-order chi connectivity index (χ0) is 11.1. The van der Waals surface area contributed by atoms with Crippen molar-refractivity contribution < 1.29 is 0 Å². The van der Waals surface area contributed by atoms with Gasteiger partial charge in [0, 0.05) is 10.7 Å². The van der Waals surface area contributed by atoms with E-state index in [-0.39, 0.29) is 0 Å². The minimum absolute atomic E-state index is 0.481. The first-order chi connectivity index (χ1) is 7.75. The van der Waals surface area contributed by atoms with Crippen molar-refractivity contribution in [1.82, 2.24) is 24.8 Å². The molecule has 0 saturated heterocycles. The second-order valence-corrected chi connectivity index (χ2v) is 4.21. The molecule has 6 nitrogen and oxygen atoms in total. The maximum absolute atomic E-state index is 5.75. The van der Waals surface area contributed by atoms with Crippen molar-refractivity contribution in [2.45, 2.75) is 0 Å². The van der Waals surface area contributed by atoms with Crippen molar-refractivity contribution in [3.05, 3.63) is 29.0 Å². The van der Waals surface area contributed by atoms with Crippen molar-refractivity contribution >= 4 is 27.4 Å². The van der Waals surface area contributed by atoms with Gasteiger partial charge in [0.1, 0.15) is 5.82 Å². The molecular formula is C9H7BrN6. The zero-order valence-corrected chi connectivity index (χ0v) is 9.64. The Morgan fingerprint density at radius 1 is 1.31 bits per heavy atom. The monoisotopic (exact) mass is 278 g/mol. The lowest BCUT2D eigenvalue weighted by Crippen LogP contribution is -1.92. The Kier molecular flexibility index (Phi) is 1.93. The van der Waals surface area contributed by atoms with Crippen LogP contribution in [0.3, 0.4) is 0 Å². The minimum atomic E-state index is 0.481. The van der Waals surface area contributed by atoms with Crippen LogP contribution in [0.1, 0.15) is 0 Å². The maximum atomic E-state index is 5.75. The van der Waals surface area contributed by atoms with Crippen LogP contribution in [0.15, 0.2) is 29.0 Å². The number of anilines is 1. The maximum Gasteiger partial charge on any atom is 0.173 e. The number of nitrogens with two attached hydrogens (primary N) is 1. The molecule has 0 aliphatic rings. The minimum Gasteiger partial charge on any atom is -0.383 e. The quantitative estimate of drug-likeness (QED) is 0.706. The molecule has 0 aromatic carbocycles. The molecule has 7 heteroatoms. The highest BCUT2D eigenvalue weighted by molar-refractivity contribution is 9.10. The van der Waals surface area contributed by atoms with E-state index in [4.69, 9.17) is 5.73 Å². The van der Waals surface area contributed by atoms with Gasteiger partial charge in [0.15, 0.2) is 11.5 Å². The van der Waals surface area contributed by atoms with Gasteiger partial charge in [-0.25, -0.2) is 0 Å². The van der Waals surface area contributed by atoms with Crippen molar-refractivity contribution in [3.8, 4) is 11.4 Å². The first-order valence-corrected chi connectivity index (χ1v) is 5.34. The molecule has 3 rings (SSSR count). The summed E-state index contributed by atoms with van der Waals surface area (Å²) in [6, 6.07) is 3.78. The molecule has 80 valence electrons. The van der Waals surface area contributed by atoms with Crippen LogP contribution >= 0.6 is 15.9 Å². The molecule has 0 fully saturated rings. The molecule has 0 radical (unpaired) electrons. The Morgan fingerprint density at radius 3 is 2.94 bits per heavy atom. The summed E-state index contributed by atoms with van der Waals surface area (Å²) in [5.41, 5.74) is 7.25. The predicted octanol–water partition coefficient (Wildman–Crippen LogP) is 1.46. The average Bonchev–Trinajstić information content (AvgIpc) is 2.83. The highest BCUT2D eigenvalue weighted by Crippen LogP contribution is 2.23. The van der Waals surface area contributed by atoms with Gasteiger partial charge in [-0.15, -0.1) is 10.2 Å². The predicted molar refractivity (Wildman–Crippen MR) is 62.7 cm³/mol. The number of H-pyrrole nitrogens is 1. The van der Waals surface area contributed by atoms with Gasteiger partial charge in [0.05, 0.1) is 11.8 Å². The number of fused-ring (bicyclic) bond motifs is 1.